The molecule has 8 heteroatoms. The lowest BCUT2D eigenvalue weighted by molar-refractivity contribution is -0.384. The first kappa shape index (κ1) is 21.5. The van der Waals surface area contributed by atoms with E-state index in [-0.39, 0.29) is 23.6 Å². The Bertz CT molecular complexity index is 1110. The number of aromatic amines is 1. The first-order valence-electron chi connectivity index (χ1n) is 10.9. The number of nitro benzene ring substituents is 1. The molecule has 1 aromatic heterocycles. The molecular formula is C24H27N5O3. The monoisotopic (exact) mass is 433 g/mol. The van der Waals surface area contributed by atoms with Gasteiger partial charge in [0.1, 0.15) is 11.5 Å². The van der Waals surface area contributed by atoms with Gasteiger partial charge in [-0.3, -0.25) is 14.9 Å². The second-order valence-electron chi connectivity index (χ2n) is 8.42. The third-order valence-corrected chi connectivity index (χ3v) is 5.68. The van der Waals surface area contributed by atoms with E-state index in [4.69, 9.17) is 0 Å². The van der Waals surface area contributed by atoms with Crippen molar-refractivity contribution in [2.24, 2.45) is 0 Å². The molecule has 1 aliphatic rings. The maximum absolute atomic E-state index is 12.3. The Labute approximate surface area is 186 Å². The molecule has 1 saturated heterocycles. The van der Waals surface area contributed by atoms with Crippen LogP contribution in [0.4, 0.5) is 11.4 Å². The maximum Gasteiger partial charge on any atom is 0.293 e. The minimum absolute atomic E-state index is 0.0434. The number of rotatable bonds is 6. The molecule has 4 rings (SSSR count). The molecule has 2 N–H and O–H groups in total. The quantitative estimate of drug-likeness (QED) is 0.440. The van der Waals surface area contributed by atoms with Gasteiger partial charge in [-0.2, -0.15) is 0 Å². The normalized spacial score (nSPS) is 16.2. The molecule has 1 fully saturated rings. The molecule has 8 nitrogen and oxygen atoms in total. The minimum Gasteiger partial charge on any atom is -0.365 e. The third kappa shape index (κ3) is 4.64. The van der Waals surface area contributed by atoms with Gasteiger partial charge in [-0.05, 0) is 44.4 Å². The molecule has 0 spiro atoms. The Hall–Kier alpha value is -3.68. The van der Waals surface area contributed by atoms with E-state index in [0.717, 1.165) is 36.5 Å². The first-order valence-corrected chi connectivity index (χ1v) is 10.9. The van der Waals surface area contributed by atoms with Crippen LogP contribution in [0, 0.1) is 10.1 Å². The maximum atomic E-state index is 12.3. The lowest BCUT2D eigenvalue weighted by atomic mass is 9.96. The largest absolute Gasteiger partial charge is 0.365 e. The zero-order valence-corrected chi connectivity index (χ0v) is 18.2. The third-order valence-electron chi connectivity index (χ3n) is 5.68. The summed E-state index contributed by atoms with van der Waals surface area (Å²) in [5.74, 6) is 0.726. The zero-order valence-electron chi connectivity index (χ0n) is 18.2. The number of H-pyrrole nitrogens is 1. The average molecular weight is 434 g/mol. The highest BCUT2D eigenvalue weighted by atomic mass is 16.6. The van der Waals surface area contributed by atoms with Crippen LogP contribution in [0.3, 0.4) is 0 Å². The summed E-state index contributed by atoms with van der Waals surface area (Å²) in [5.41, 5.74) is 2.82. The number of nitro groups is 1. The molecule has 0 aliphatic carbocycles. The van der Waals surface area contributed by atoms with Gasteiger partial charge < -0.3 is 15.2 Å². The van der Waals surface area contributed by atoms with E-state index < -0.39 is 4.92 Å². The van der Waals surface area contributed by atoms with E-state index >= 15 is 0 Å². The smallest absolute Gasteiger partial charge is 0.293 e. The van der Waals surface area contributed by atoms with Crippen LogP contribution in [0.15, 0.2) is 54.7 Å². The van der Waals surface area contributed by atoms with Gasteiger partial charge in [-0.15, -0.1) is 0 Å². The summed E-state index contributed by atoms with van der Waals surface area (Å²) < 4.78 is 0. The fourth-order valence-corrected chi connectivity index (χ4v) is 4.15. The summed E-state index contributed by atoms with van der Waals surface area (Å²) >= 11 is 0. The number of amides is 1. The number of anilines is 1. The van der Waals surface area contributed by atoms with Gasteiger partial charge in [0.2, 0.25) is 0 Å². The van der Waals surface area contributed by atoms with E-state index in [9.17, 15) is 14.9 Å². The Morgan fingerprint density at radius 2 is 2.03 bits per heavy atom. The SMILES string of the molecule is CC(C)NC(=O)c1ccc(N2CCCC(c3ncc(-c4ccccc4)[nH]3)C2)c([N+](=O)[O-])c1. The number of nitrogens with one attached hydrogen (secondary N) is 2. The van der Waals surface area contributed by atoms with Crippen molar-refractivity contribution in [3.05, 3.63) is 76.2 Å². The van der Waals surface area contributed by atoms with Gasteiger partial charge in [0.05, 0.1) is 16.8 Å². The summed E-state index contributed by atoms with van der Waals surface area (Å²) in [6.07, 6.45) is 3.70. The second kappa shape index (κ2) is 9.21. The molecule has 1 atom stereocenters. The van der Waals surface area contributed by atoms with E-state index in [0.29, 0.717) is 17.8 Å². The molecule has 2 aromatic carbocycles. The van der Waals surface area contributed by atoms with Crippen LogP contribution in [0.25, 0.3) is 11.3 Å². The Morgan fingerprint density at radius 1 is 1.25 bits per heavy atom. The summed E-state index contributed by atoms with van der Waals surface area (Å²) in [4.78, 5) is 33.8. The number of aromatic nitrogens is 2. The van der Waals surface area contributed by atoms with E-state index in [1.165, 1.54) is 6.07 Å². The Balaban J connectivity index is 1.56. The molecule has 32 heavy (non-hydrogen) atoms. The lowest BCUT2D eigenvalue weighted by Gasteiger charge is -2.33. The van der Waals surface area contributed by atoms with Gasteiger partial charge in [-0.25, -0.2) is 4.98 Å². The van der Waals surface area contributed by atoms with Gasteiger partial charge in [0.15, 0.2) is 0 Å². The van der Waals surface area contributed by atoms with Gasteiger partial charge in [0, 0.05) is 36.7 Å². The summed E-state index contributed by atoms with van der Waals surface area (Å²) in [6, 6.07) is 14.7. The summed E-state index contributed by atoms with van der Waals surface area (Å²) in [5, 5.41) is 14.6. The van der Waals surface area contributed by atoms with E-state index in [2.05, 4.69) is 15.3 Å². The standard InChI is InChI=1S/C24H27N5O3/c1-16(2)26-24(30)18-10-11-21(22(13-18)29(31)32)28-12-6-9-19(15-28)23-25-14-20(27-23)17-7-4-3-5-8-17/h3-5,7-8,10-11,13-14,16,19H,6,9,12,15H2,1-2H3,(H,25,27)(H,26,30). The molecule has 3 aromatic rings. The second-order valence-corrected chi connectivity index (χ2v) is 8.42. The molecular weight excluding hydrogens is 406 g/mol. The summed E-state index contributed by atoms with van der Waals surface area (Å²) in [6.45, 7) is 5.06. The average Bonchev–Trinajstić information content (AvgIpc) is 3.29. The molecule has 2 heterocycles. The van der Waals surface area contributed by atoms with Crippen molar-refractivity contribution in [2.75, 3.05) is 18.0 Å². The number of hydrogen-bond acceptors (Lipinski definition) is 5. The van der Waals surface area contributed by atoms with E-state index in [1.807, 2.05) is 55.3 Å². The highest BCUT2D eigenvalue weighted by Crippen LogP contribution is 2.35. The van der Waals surface area contributed by atoms with Crippen molar-refractivity contribution >= 4 is 17.3 Å². The molecule has 1 aliphatic heterocycles. The van der Waals surface area contributed by atoms with Gasteiger partial charge in [-0.1, -0.05) is 30.3 Å². The zero-order chi connectivity index (χ0) is 22.7. The number of carbonyl (C=O) groups is 1. The molecule has 0 bridgehead atoms. The fourth-order valence-electron chi connectivity index (χ4n) is 4.15. The molecule has 166 valence electrons. The minimum atomic E-state index is -0.411. The number of nitrogens with zero attached hydrogens (tertiary/aromatic N) is 3. The van der Waals surface area contributed by atoms with Crippen LogP contribution >= 0.6 is 0 Å². The van der Waals surface area contributed by atoms with Gasteiger partial charge >= 0.3 is 0 Å². The van der Waals surface area contributed by atoms with Crippen molar-refractivity contribution in [3.8, 4) is 11.3 Å². The molecule has 1 unspecified atom stereocenters. The van der Waals surface area contributed by atoms with Crippen molar-refractivity contribution in [3.63, 3.8) is 0 Å². The van der Waals surface area contributed by atoms with Crippen molar-refractivity contribution in [1.29, 1.82) is 0 Å². The van der Waals surface area contributed by atoms with Crippen LogP contribution in [-0.2, 0) is 0 Å². The lowest BCUT2D eigenvalue weighted by Crippen LogP contribution is -2.35. The van der Waals surface area contributed by atoms with Crippen molar-refractivity contribution in [1.82, 2.24) is 15.3 Å². The van der Waals surface area contributed by atoms with Crippen LogP contribution in [-0.4, -0.2) is 39.9 Å². The highest BCUT2D eigenvalue weighted by Gasteiger charge is 2.28. The predicted octanol–water partition coefficient (Wildman–Crippen LogP) is 4.51. The van der Waals surface area contributed by atoms with Crippen LogP contribution in [0.1, 0.15) is 48.8 Å². The number of hydrogen-bond donors (Lipinski definition) is 2. The Morgan fingerprint density at radius 3 is 2.75 bits per heavy atom. The van der Waals surface area contributed by atoms with Crippen molar-refractivity contribution in [2.45, 2.75) is 38.6 Å². The number of benzene rings is 2. The van der Waals surface area contributed by atoms with Crippen LogP contribution in [0.5, 0.6) is 0 Å². The number of piperidine rings is 1. The van der Waals surface area contributed by atoms with Crippen molar-refractivity contribution < 1.29 is 9.72 Å². The number of imidazole rings is 1. The predicted molar refractivity (Wildman–Crippen MR) is 124 cm³/mol. The van der Waals surface area contributed by atoms with Crippen LogP contribution < -0.4 is 10.2 Å². The highest BCUT2D eigenvalue weighted by molar-refractivity contribution is 5.96. The molecule has 1 amide bonds. The Kier molecular flexibility index (Phi) is 6.20. The number of carbonyl (C=O) groups excluding carboxylic acids is 1. The topological polar surface area (TPSA) is 104 Å². The molecule has 0 saturated carbocycles. The first-order chi connectivity index (χ1) is 15.4. The van der Waals surface area contributed by atoms with Crippen LogP contribution in [0.2, 0.25) is 0 Å². The van der Waals surface area contributed by atoms with E-state index in [1.54, 1.807) is 12.1 Å². The fraction of sp³-hybridized carbons (Fsp3) is 0.333. The molecule has 0 radical (unpaired) electrons. The van der Waals surface area contributed by atoms with Gasteiger partial charge in [0.25, 0.3) is 11.6 Å². The summed E-state index contributed by atoms with van der Waals surface area (Å²) in [7, 11) is 0.